The fourth-order valence-electron chi connectivity index (χ4n) is 3.08. The summed E-state index contributed by atoms with van der Waals surface area (Å²) in [6.07, 6.45) is 1.51. The molecule has 1 saturated heterocycles. The third-order valence-electron chi connectivity index (χ3n) is 4.46. The van der Waals surface area contributed by atoms with Crippen LogP contribution in [0.3, 0.4) is 0 Å². The van der Waals surface area contributed by atoms with Crippen molar-refractivity contribution in [1.29, 1.82) is 0 Å². The minimum absolute atomic E-state index is 0.142. The minimum Gasteiger partial charge on any atom is -0.484 e. The van der Waals surface area contributed by atoms with Crippen LogP contribution in [0.1, 0.15) is 30.5 Å². The minimum atomic E-state index is -3.57. The second kappa shape index (κ2) is 8.20. The van der Waals surface area contributed by atoms with Crippen LogP contribution < -0.4 is 4.74 Å². The molecule has 1 aliphatic rings. The lowest BCUT2D eigenvalue weighted by atomic mass is 10.00. The van der Waals surface area contributed by atoms with Crippen LogP contribution in [0.2, 0.25) is 4.34 Å². The average molecular weight is 440 g/mol. The van der Waals surface area contributed by atoms with Gasteiger partial charge in [-0.05, 0) is 37.1 Å². The zero-order valence-corrected chi connectivity index (χ0v) is 17.2. The van der Waals surface area contributed by atoms with Crippen molar-refractivity contribution in [2.45, 2.75) is 29.6 Å². The van der Waals surface area contributed by atoms with Gasteiger partial charge < -0.3 is 9.15 Å². The van der Waals surface area contributed by atoms with Gasteiger partial charge in [0.15, 0.2) is 6.61 Å². The highest BCUT2D eigenvalue weighted by molar-refractivity contribution is 7.91. The van der Waals surface area contributed by atoms with Crippen molar-refractivity contribution >= 4 is 33.0 Å². The third kappa shape index (κ3) is 4.22. The van der Waals surface area contributed by atoms with Gasteiger partial charge in [0.25, 0.3) is 15.9 Å². The zero-order valence-electron chi connectivity index (χ0n) is 14.8. The topological polar surface area (TPSA) is 85.5 Å². The van der Waals surface area contributed by atoms with E-state index < -0.39 is 10.0 Å². The number of halogens is 1. The normalized spacial score (nSPS) is 18.2. The fourth-order valence-corrected chi connectivity index (χ4v) is 6.24. The monoisotopic (exact) mass is 439 g/mol. The van der Waals surface area contributed by atoms with Crippen LogP contribution in [0.25, 0.3) is 0 Å². The molecule has 1 fully saturated rings. The Kier molecular flexibility index (Phi) is 5.68. The summed E-state index contributed by atoms with van der Waals surface area (Å²) in [5.74, 6) is 1.38. The van der Waals surface area contributed by atoms with E-state index in [4.69, 9.17) is 20.8 Å². The van der Waals surface area contributed by atoms with Gasteiger partial charge >= 0.3 is 0 Å². The molecular formula is C18H18ClN3O4S2. The molecule has 3 heterocycles. The Morgan fingerprint density at radius 2 is 2.04 bits per heavy atom. The Hall–Kier alpha value is -1.94. The van der Waals surface area contributed by atoms with Gasteiger partial charge in [0.2, 0.25) is 5.89 Å². The molecule has 1 atom stereocenters. The van der Waals surface area contributed by atoms with Crippen molar-refractivity contribution < 1.29 is 17.6 Å². The first-order valence-electron chi connectivity index (χ1n) is 8.78. The van der Waals surface area contributed by atoms with E-state index in [1.165, 1.54) is 10.4 Å². The number of hydrogen-bond acceptors (Lipinski definition) is 7. The highest BCUT2D eigenvalue weighted by Gasteiger charge is 2.34. The summed E-state index contributed by atoms with van der Waals surface area (Å²) < 4.78 is 39.2. The first kappa shape index (κ1) is 19.4. The maximum Gasteiger partial charge on any atom is 0.253 e. The summed E-state index contributed by atoms with van der Waals surface area (Å²) >= 11 is 6.96. The van der Waals surface area contributed by atoms with Crippen LogP contribution >= 0.6 is 22.9 Å². The molecule has 1 aliphatic heterocycles. The second-order valence-electron chi connectivity index (χ2n) is 6.40. The predicted octanol–water partition coefficient (Wildman–Crippen LogP) is 3.93. The van der Waals surface area contributed by atoms with E-state index in [0.717, 1.165) is 24.2 Å². The number of ether oxygens (including phenoxy) is 1. The van der Waals surface area contributed by atoms with E-state index >= 15 is 0 Å². The molecule has 0 amide bonds. The standard InChI is InChI=1S/C18H18ClN3O4S2/c19-15-8-9-17(27-15)28(23,24)22-10-4-5-13(11-22)18-21-20-16(26-18)12-25-14-6-2-1-3-7-14/h1-3,6-9,13H,4-5,10-12H2. The smallest absolute Gasteiger partial charge is 0.253 e. The van der Waals surface area contributed by atoms with E-state index in [1.54, 1.807) is 6.07 Å². The Labute approximate surface area is 172 Å². The lowest BCUT2D eigenvalue weighted by molar-refractivity contribution is 0.243. The average Bonchev–Trinajstić information content (AvgIpc) is 3.37. The maximum absolute atomic E-state index is 12.8. The molecule has 0 spiro atoms. The predicted molar refractivity (Wildman–Crippen MR) is 105 cm³/mol. The molecule has 2 aromatic heterocycles. The number of sulfonamides is 1. The Morgan fingerprint density at radius 1 is 1.21 bits per heavy atom. The van der Waals surface area contributed by atoms with E-state index in [-0.39, 0.29) is 16.7 Å². The van der Waals surface area contributed by atoms with Gasteiger partial charge in [-0.15, -0.1) is 21.5 Å². The quantitative estimate of drug-likeness (QED) is 0.578. The number of thiophene rings is 1. The number of piperidine rings is 1. The van der Waals surface area contributed by atoms with Gasteiger partial charge in [-0.2, -0.15) is 4.31 Å². The number of rotatable bonds is 6. The summed E-state index contributed by atoms with van der Waals surface area (Å²) in [5, 5.41) is 8.14. The van der Waals surface area contributed by atoms with Crippen molar-refractivity contribution in [1.82, 2.24) is 14.5 Å². The number of nitrogens with zero attached hydrogens (tertiary/aromatic N) is 3. The van der Waals surface area contributed by atoms with Crippen LogP contribution in [0.15, 0.2) is 51.1 Å². The Bertz CT molecular complexity index is 1040. The van der Waals surface area contributed by atoms with Crippen LogP contribution in [-0.2, 0) is 16.6 Å². The highest BCUT2D eigenvalue weighted by Crippen LogP contribution is 2.33. The van der Waals surface area contributed by atoms with Crippen molar-refractivity contribution in [2.75, 3.05) is 13.1 Å². The molecule has 1 unspecified atom stereocenters. The lowest BCUT2D eigenvalue weighted by Gasteiger charge is -2.29. The van der Waals surface area contributed by atoms with Gasteiger partial charge in [0.05, 0.1) is 10.3 Å². The van der Waals surface area contributed by atoms with Crippen LogP contribution in [0, 0.1) is 0 Å². The molecule has 148 valence electrons. The molecule has 0 bridgehead atoms. The zero-order chi connectivity index (χ0) is 19.6. The number of benzene rings is 1. The van der Waals surface area contributed by atoms with Crippen molar-refractivity contribution in [3.8, 4) is 5.75 Å². The van der Waals surface area contributed by atoms with Crippen LogP contribution in [0.5, 0.6) is 5.75 Å². The van der Waals surface area contributed by atoms with E-state index in [0.29, 0.717) is 35.0 Å². The molecule has 0 aliphatic carbocycles. The molecule has 0 N–H and O–H groups in total. The summed E-state index contributed by atoms with van der Waals surface area (Å²) in [4.78, 5) is 0. The first-order chi connectivity index (χ1) is 13.5. The molecule has 28 heavy (non-hydrogen) atoms. The maximum atomic E-state index is 12.8. The lowest BCUT2D eigenvalue weighted by Crippen LogP contribution is -2.38. The number of para-hydroxylation sites is 1. The third-order valence-corrected chi connectivity index (χ3v) is 8.03. The van der Waals surface area contributed by atoms with Crippen LogP contribution in [0.4, 0.5) is 0 Å². The molecule has 0 radical (unpaired) electrons. The highest BCUT2D eigenvalue weighted by atomic mass is 35.5. The van der Waals surface area contributed by atoms with Gasteiger partial charge in [0.1, 0.15) is 9.96 Å². The largest absolute Gasteiger partial charge is 0.484 e. The molecule has 3 aromatic rings. The van der Waals surface area contributed by atoms with Crippen molar-refractivity contribution in [3.05, 3.63) is 58.6 Å². The van der Waals surface area contributed by atoms with Crippen LogP contribution in [-0.4, -0.2) is 36.0 Å². The van der Waals surface area contributed by atoms with Gasteiger partial charge in [-0.25, -0.2) is 8.42 Å². The molecule has 10 heteroatoms. The fraction of sp³-hybridized carbons (Fsp3) is 0.333. The second-order valence-corrected chi connectivity index (χ2v) is 10.3. The Morgan fingerprint density at radius 3 is 2.79 bits per heavy atom. The van der Waals surface area contributed by atoms with E-state index in [9.17, 15) is 8.42 Å². The molecule has 4 rings (SSSR count). The van der Waals surface area contributed by atoms with E-state index in [2.05, 4.69) is 10.2 Å². The summed E-state index contributed by atoms with van der Waals surface area (Å²) in [7, 11) is -3.57. The van der Waals surface area contributed by atoms with E-state index in [1.807, 2.05) is 30.3 Å². The van der Waals surface area contributed by atoms with Crippen molar-refractivity contribution in [3.63, 3.8) is 0 Å². The van der Waals surface area contributed by atoms with Gasteiger partial charge in [-0.1, -0.05) is 29.8 Å². The van der Waals surface area contributed by atoms with Gasteiger partial charge in [0, 0.05) is 13.1 Å². The number of hydrogen-bond donors (Lipinski definition) is 0. The molecule has 0 saturated carbocycles. The molecule has 7 nitrogen and oxygen atoms in total. The SMILES string of the molecule is O=S(=O)(c1ccc(Cl)s1)N1CCCC(c2nnc(COc3ccccc3)o2)C1. The number of aromatic nitrogens is 2. The Balaban J connectivity index is 1.43. The van der Waals surface area contributed by atoms with Crippen molar-refractivity contribution in [2.24, 2.45) is 0 Å². The first-order valence-corrected chi connectivity index (χ1v) is 11.4. The van der Waals surface area contributed by atoms with Gasteiger partial charge in [-0.3, -0.25) is 0 Å². The summed E-state index contributed by atoms with van der Waals surface area (Å²) in [6, 6.07) is 12.5. The summed E-state index contributed by atoms with van der Waals surface area (Å²) in [6.45, 7) is 0.935. The summed E-state index contributed by atoms with van der Waals surface area (Å²) in [5.41, 5.74) is 0. The molecular weight excluding hydrogens is 422 g/mol. The molecule has 1 aromatic carbocycles.